The summed E-state index contributed by atoms with van der Waals surface area (Å²) in [5, 5.41) is 13.5. The predicted molar refractivity (Wildman–Crippen MR) is 155 cm³/mol. The van der Waals surface area contributed by atoms with Crippen molar-refractivity contribution < 1.29 is 33.7 Å². The SMILES string of the molecule is CCOc1cc(O[C@@H]2C[C@H]3C(=O)N[C@@]4(C(=O)O)C[C@H]4/C=C\CCCCN(C)C(=O)[C@@H]3C2)c2ccc(OC)c(Br)c2n1. The van der Waals surface area contributed by atoms with Crippen LogP contribution in [0, 0.1) is 17.8 Å². The van der Waals surface area contributed by atoms with Crippen molar-refractivity contribution in [3.63, 3.8) is 0 Å². The van der Waals surface area contributed by atoms with Crippen LogP contribution in [0.3, 0.4) is 0 Å². The highest BCUT2D eigenvalue weighted by Gasteiger charge is 2.61. The van der Waals surface area contributed by atoms with Crippen LogP contribution in [0.4, 0.5) is 0 Å². The maximum Gasteiger partial charge on any atom is 0.330 e. The molecule has 0 spiro atoms. The van der Waals surface area contributed by atoms with Crippen LogP contribution in [0.2, 0.25) is 0 Å². The number of halogens is 1. The highest BCUT2D eigenvalue weighted by molar-refractivity contribution is 9.10. The highest BCUT2D eigenvalue weighted by atomic mass is 79.9. The van der Waals surface area contributed by atoms with Gasteiger partial charge in [-0.15, -0.1) is 0 Å². The first kappa shape index (κ1) is 29.2. The molecule has 0 unspecified atom stereocenters. The summed E-state index contributed by atoms with van der Waals surface area (Å²) >= 11 is 3.57. The van der Waals surface area contributed by atoms with Gasteiger partial charge in [0.05, 0.1) is 35.5 Å². The number of methoxy groups -OCH3 is 1. The van der Waals surface area contributed by atoms with Crippen molar-refractivity contribution in [2.75, 3.05) is 27.3 Å². The summed E-state index contributed by atoms with van der Waals surface area (Å²) < 4.78 is 18.3. The molecule has 2 fully saturated rings. The number of rotatable bonds is 6. The van der Waals surface area contributed by atoms with Crippen molar-refractivity contribution in [2.24, 2.45) is 17.8 Å². The fourth-order valence-corrected chi connectivity index (χ4v) is 6.63. The first-order chi connectivity index (χ1) is 19.7. The van der Waals surface area contributed by atoms with Gasteiger partial charge in [0.15, 0.2) is 0 Å². The largest absolute Gasteiger partial charge is 0.495 e. The molecule has 2 amide bonds. The van der Waals surface area contributed by atoms with E-state index in [2.05, 4.69) is 26.2 Å². The molecule has 1 aromatic carbocycles. The molecular weight excluding hydrogens is 594 g/mol. The smallest absolute Gasteiger partial charge is 0.330 e. The van der Waals surface area contributed by atoms with Gasteiger partial charge >= 0.3 is 5.97 Å². The van der Waals surface area contributed by atoms with E-state index in [1.165, 1.54) is 0 Å². The molecule has 2 aliphatic carbocycles. The average Bonchev–Trinajstić information content (AvgIpc) is 3.48. The molecule has 11 heteroatoms. The molecule has 2 heterocycles. The van der Waals surface area contributed by atoms with E-state index in [0.29, 0.717) is 53.4 Å². The molecule has 220 valence electrons. The number of aromatic nitrogens is 1. The lowest BCUT2D eigenvalue weighted by atomic mass is 9.93. The van der Waals surface area contributed by atoms with Gasteiger partial charge in [0.1, 0.15) is 23.1 Å². The van der Waals surface area contributed by atoms with Crippen molar-refractivity contribution in [3.05, 3.63) is 34.8 Å². The number of pyridine rings is 1. The lowest BCUT2D eigenvalue weighted by Crippen LogP contribution is -2.49. The van der Waals surface area contributed by atoms with Gasteiger partial charge in [-0.1, -0.05) is 12.2 Å². The van der Waals surface area contributed by atoms with Crippen LogP contribution in [-0.2, 0) is 14.4 Å². The average molecular weight is 631 g/mol. The Morgan fingerprint density at radius 1 is 1.22 bits per heavy atom. The topological polar surface area (TPSA) is 127 Å². The maximum atomic E-state index is 13.7. The molecule has 0 saturated heterocycles. The minimum atomic E-state index is -1.32. The van der Waals surface area contributed by atoms with Crippen LogP contribution < -0.4 is 19.5 Å². The number of carboxylic acids is 1. The van der Waals surface area contributed by atoms with Crippen LogP contribution in [0.25, 0.3) is 10.9 Å². The van der Waals surface area contributed by atoms with E-state index in [4.69, 9.17) is 14.2 Å². The Morgan fingerprint density at radius 3 is 2.73 bits per heavy atom. The Bertz CT molecular complexity index is 1380. The van der Waals surface area contributed by atoms with E-state index in [-0.39, 0.29) is 18.2 Å². The van der Waals surface area contributed by atoms with Crippen LogP contribution >= 0.6 is 15.9 Å². The number of nitrogens with zero attached hydrogens (tertiary/aromatic N) is 2. The Kier molecular flexibility index (Phi) is 8.45. The van der Waals surface area contributed by atoms with Crippen LogP contribution in [-0.4, -0.2) is 71.7 Å². The van der Waals surface area contributed by atoms with Gasteiger partial charge < -0.3 is 29.5 Å². The summed E-state index contributed by atoms with van der Waals surface area (Å²) in [6, 6.07) is 5.38. The Hall–Kier alpha value is -3.34. The number of amides is 2. The lowest BCUT2D eigenvalue weighted by Gasteiger charge is -2.26. The zero-order valence-electron chi connectivity index (χ0n) is 23.5. The van der Waals surface area contributed by atoms with E-state index in [1.54, 1.807) is 25.1 Å². The second-order valence-corrected chi connectivity index (χ2v) is 11.8. The molecule has 5 rings (SSSR count). The third kappa shape index (κ3) is 5.73. The van der Waals surface area contributed by atoms with E-state index < -0.39 is 35.4 Å². The minimum Gasteiger partial charge on any atom is -0.495 e. The van der Waals surface area contributed by atoms with Gasteiger partial charge in [-0.2, -0.15) is 0 Å². The molecule has 3 aliphatic rings. The second kappa shape index (κ2) is 11.9. The molecule has 1 aliphatic heterocycles. The van der Waals surface area contributed by atoms with E-state index in [0.717, 1.165) is 24.6 Å². The summed E-state index contributed by atoms with van der Waals surface area (Å²) in [6.07, 6.45) is 6.91. The number of benzene rings is 1. The molecule has 0 bridgehead atoms. The Labute approximate surface area is 247 Å². The standard InChI is InChI=1S/C30H36BrN3O7/c1-4-40-24-15-23(19-10-11-22(39-3)25(31)26(19)32-24)41-18-13-20-21(14-18)28(36)34(2)12-8-6-5-7-9-17-16-30(17,29(37)38)33-27(20)35/h7,9-11,15,17-18,20-21H,4-6,8,12-14,16H2,1-3H3,(H,33,35)(H,37,38)/b9-7-/t17-,18-,20-,21-,30+/m1/s1. The van der Waals surface area contributed by atoms with Gasteiger partial charge in [0.25, 0.3) is 0 Å². The number of hydrogen-bond donors (Lipinski definition) is 2. The molecule has 0 radical (unpaired) electrons. The normalized spacial score (nSPS) is 29.1. The van der Waals surface area contributed by atoms with Crippen molar-refractivity contribution >= 4 is 44.6 Å². The first-order valence-electron chi connectivity index (χ1n) is 14.1. The molecule has 2 N–H and O–H groups in total. The summed E-state index contributed by atoms with van der Waals surface area (Å²) in [5.41, 5.74) is -0.721. The van der Waals surface area contributed by atoms with E-state index in [9.17, 15) is 19.5 Å². The number of hydrogen-bond acceptors (Lipinski definition) is 7. The maximum absolute atomic E-state index is 13.7. The zero-order valence-corrected chi connectivity index (χ0v) is 25.1. The minimum absolute atomic E-state index is 0.123. The van der Waals surface area contributed by atoms with Gasteiger partial charge in [-0.25, -0.2) is 9.78 Å². The number of aliphatic carboxylic acids is 1. The summed E-state index contributed by atoms with van der Waals surface area (Å²) in [6.45, 7) is 2.87. The molecular formula is C30H36BrN3O7. The van der Waals surface area contributed by atoms with Crippen molar-refractivity contribution in [3.8, 4) is 17.4 Å². The van der Waals surface area contributed by atoms with Gasteiger partial charge in [-0.3, -0.25) is 9.59 Å². The molecule has 5 atom stereocenters. The van der Waals surface area contributed by atoms with Crippen molar-refractivity contribution in [1.29, 1.82) is 0 Å². The van der Waals surface area contributed by atoms with Gasteiger partial charge in [0.2, 0.25) is 17.7 Å². The fraction of sp³-hybridized carbons (Fsp3) is 0.533. The van der Waals surface area contributed by atoms with Crippen LogP contribution in [0.5, 0.6) is 17.4 Å². The van der Waals surface area contributed by atoms with Crippen molar-refractivity contribution in [2.45, 2.75) is 57.1 Å². The van der Waals surface area contributed by atoms with E-state index >= 15 is 0 Å². The van der Waals surface area contributed by atoms with E-state index in [1.807, 2.05) is 31.2 Å². The third-order valence-electron chi connectivity index (χ3n) is 8.40. The molecule has 41 heavy (non-hydrogen) atoms. The number of ether oxygens (including phenoxy) is 3. The van der Waals surface area contributed by atoms with Gasteiger partial charge in [-0.05, 0) is 73.5 Å². The summed E-state index contributed by atoms with van der Waals surface area (Å²) in [5.74, 6) is -1.68. The number of nitrogens with one attached hydrogen (secondary N) is 1. The Balaban J connectivity index is 1.46. The van der Waals surface area contributed by atoms with Crippen molar-refractivity contribution in [1.82, 2.24) is 15.2 Å². The summed E-state index contributed by atoms with van der Waals surface area (Å²) in [7, 11) is 3.34. The fourth-order valence-electron chi connectivity index (χ4n) is 6.03. The predicted octanol–water partition coefficient (Wildman–Crippen LogP) is 4.34. The first-order valence-corrected chi connectivity index (χ1v) is 14.9. The zero-order chi connectivity index (χ0) is 29.3. The third-order valence-corrected chi connectivity index (χ3v) is 9.17. The Morgan fingerprint density at radius 2 is 2.00 bits per heavy atom. The summed E-state index contributed by atoms with van der Waals surface area (Å²) in [4.78, 5) is 45.8. The number of allylic oxidation sites excluding steroid dienone is 1. The number of carbonyl (C=O) groups excluding carboxylic acids is 2. The second-order valence-electron chi connectivity index (χ2n) is 11.1. The van der Waals surface area contributed by atoms with Gasteiger partial charge in [0, 0.05) is 31.0 Å². The monoisotopic (exact) mass is 629 g/mol. The number of carboxylic acid groups (broad SMARTS) is 1. The molecule has 1 aromatic heterocycles. The quantitative estimate of drug-likeness (QED) is 0.452. The molecule has 2 saturated carbocycles. The number of fused-ring (bicyclic) bond motifs is 3. The lowest BCUT2D eigenvalue weighted by molar-refractivity contribution is -0.145. The molecule has 10 nitrogen and oxygen atoms in total. The van der Waals surface area contributed by atoms with Crippen LogP contribution in [0.1, 0.15) is 45.4 Å². The molecule has 2 aromatic rings. The highest BCUT2D eigenvalue weighted by Crippen LogP contribution is 2.47. The number of carbonyl (C=O) groups is 3. The van der Waals surface area contributed by atoms with Crippen LogP contribution in [0.15, 0.2) is 34.8 Å².